The maximum Gasteiger partial charge on any atom is 0.352 e. The SMILES string of the molecule is COCCOCCOc1cc(N2C[C@@H](C)n3c(c(CCCOc4cc(C)c(Cl)c(C)c4)c4ccc(Cl)c(-c5c(C)nn(C)c5C)c43)C2=O)c2c(c1)cc(C(=O)O)n2C. The number of anilines is 1. The van der Waals surface area contributed by atoms with E-state index in [0.29, 0.717) is 78.9 Å². The number of hydrogen-bond acceptors (Lipinski definition) is 7. The third-order valence-corrected chi connectivity index (χ3v) is 12.0. The van der Waals surface area contributed by atoms with Crippen molar-refractivity contribution in [2.24, 2.45) is 14.1 Å². The van der Waals surface area contributed by atoms with Gasteiger partial charge in [-0.25, -0.2) is 4.79 Å². The molecule has 1 amide bonds. The summed E-state index contributed by atoms with van der Waals surface area (Å²) in [5.74, 6) is -0.0496. The fourth-order valence-corrected chi connectivity index (χ4v) is 8.70. The monoisotopic (exact) mass is 829 g/mol. The second-order valence-corrected chi connectivity index (χ2v) is 15.8. The number of carboxylic acids is 1. The maximum atomic E-state index is 15.4. The Morgan fingerprint density at radius 3 is 2.26 bits per heavy atom. The van der Waals surface area contributed by atoms with Crippen LogP contribution in [0, 0.1) is 27.7 Å². The average Bonchev–Trinajstić information content (AvgIpc) is 3.79. The van der Waals surface area contributed by atoms with E-state index in [-0.39, 0.29) is 24.2 Å². The van der Waals surface area contributed by atoms with Crippen LogP contribution < -0.4 is 14.4 Å². The Bertz CT molecular complexity index is 2550. The molecule has 58 heavy (non-hydrogen) atoms. The number of aromatic nitrogens is 4. The minimum atomic E-state index is -1.07. The number of fused-ring (bicyclic) bond motifs is 4. The lowest BCUT2D eigenvalue weighted by Gasteiger charge is -2.35. The van der Waals surface area contributed by atoms with Crippen LogP contribution in [0.5, 0.6) is 11.5 Å². The molecule has 7 rings (SSSR count). The smallest absolute Gasteiger partial charge is 0.352 e. The van der Waals surface area contributed by atoms with E-state index in [4.69, 9.17) is 47.2 Å². The normalized spacial score (nSPS) is 14.2. The van der Waals surface area contributed by atoms with Crippen LogP contribution in [0.4, 0.5) is 5.69 Å². The number of aryl methyl sites for hydroxylation is 6. The number of ether oxygens (including phenoxy) is 4. The highest BCUT2D eigenvalue weighted by atomic mass is 35.5. The number of methoxy groups -OCH3 is 1. The Morgan fingerprint density at radius 2 is 1.59 bits per heavy atom. The zero-order valence-corrected chi connectivity index (χ0v) is 35.7. The number of hydrogen-bond donors (Lipinski definition) is 1. The third kappa shape index (κ3) is 7.43. The molecular formula is C44H49Cl2N5O7. The fourth-order valence-electron chi connectivity index (χ4n) is 8.35. The minimum absolute atomic E-state index is 0.0937. The Labute approximate surface area is 347 Å². The highest BCUT2D eigenvalue weighted by molar-refractivity contribution is 6.35. The van der Waals surface area contributed by atoms with Crippen LogP contribution in [-0.2, 0) is 30.0 Å². The molecule has 1 N–H and O–H groups in total. The molecule has 0 radical (unpaired) electrons. The van der Waals surface area contributed by atoms with Crippen molar-refractivity contribution in [3.05, 3.63) is 92.0 Å². The molecule has 0 saturated heterocycles. The van der Waals surface area contributed by atoms with Crippen molar-refractivity contribution in [2.75, 3.05) is 51.6 Å². The van der Waals surface area contributed by atoms with Crippen LogP contribution in [0.25, 0.3) is 32.9 Å². The molecule has 3 aromatic heterocycles. The van der Waals surface area contributed by atoms with Crippen LogP contribution in [-0.4, -0.2) is 82.6 Å². The number of amides is 1. The molecule has 306 valence electrons. The second kappa shape index (κ2) is 16.7. The Kier molecular flexibility index (Phi) is 11.8. The molecule has 0 spiro atoms. The lowest BCUT2D eigenvalue weighted by molar-refractivity contribution is 0.0544. The number of carboxylic acid groups (broad SMARTS) is 1. The van der Waals surface area contributed by atoms with Gasteiger partial charge in [-0.15, -0.1) is 0 Å². The van der Waals surface area contributed by atoms with Crippen LogP contribution in [0.15, 0.2) is 42.5 Å². The van der Waals surface area contributed by atoms with Crippen molar-refractivity contribution in [3.63, 3.8) is 0 Å². The van der Waals surface area contributed by atoms with E-state index in [1.807, 2.05) is 69.8 Å². The van der Waals surface area contributed by atoms with Gasteiger partial charge >= 0.3 is 5.97 Å². The number of aromatic carboxylic acids is 1. The van der Waals surface area contributed by atoms with Gasteiger partial charge < -0.3 is 38.1 Å². The van der Waals surface area contributed by atoms with Crippen molar-refractivity contribution in [3.8, 4) is 22.6 Å². The first-order valence-electron chi connectivity index (χ1n) is 19.4. The summed E-state index contributed by atoms with van der Waals surface area (Å²) in [5, 5.41) is 17.7. The molecule has 0 unspecified atom stereocenters. The quantitative estimate of drug-likeness (QED) is 0.102. The molecule has 0 bridgehead atoms. The van der Waals surface area contributed by atoms with Crippen molar-refractivity contribution in [2.45, 2.75) is 53.5 Å². The molecule has 0 aliphatic carbocycles. The summed E-state index contributed by atoms with van der Waals surface area (Å²) in [5.41, 5.74) is 9.04. The Balaban J connectivity index is 1.35. The predicted octanol–water partition coefficient (Wildman–Crippen LogP) is 9.05. The number of rotatable bonds is 15. The van der Waals surface area contributed by atoms with E-state index in [9.17, 15) is 9.90 Å². The van der Waals surface area contributed by atoms with Crippen LogP contribution in [0.3, 0.4) is 0 Å². The Hall–Kier alpha value is -5.01. The second-order valence-electron chi connectivity index (χ2n) is 15.0. The summed E-state index contributed by atoms with van der Waals surface area (Å²) >= 11 is 13.6. The van der Waals surface area contributed by atoms with E-state index >= 15 is 4.79 Å². The molecule has 3 aromatic carbocycles. The number of nitrogens with zero attached hydrogens (tertiary/aromatic N) is 5. The van der Waals surface area contributed by atoms with Crippen molar-refractivity contribution in [1.82, 2.24) is 18.9 Å². The highest BCUT2D eigenvalue weighted by Gasteiger charge is 2.38. The summed E-state index contributed by atoms with van der Waals surface area (Å²) in [6, 6.07) is 12.8. The number of carbonyl (C=O) groups is 2. The topological polar surface area (TPSA) is 122 Å². The number of carbonyl (C=O) groups excluding carboxylic acids is 1. The van der Waals surface area contributed by atoms with Gasteiger partial charge in [0, 0.05) is 72.5 Å². The molecule has 12 nitrogen and oxygen atoms in total. The number of benzene rings is 3. The van der Waals surface area contributed by atoms with Gasteiger partial charge in [-0.1, -0.05) is 29.3 Å². The first-order valence-corrected chi connectivity index (χ1v) is 20.1. The zero-order valence-electron chi connectivity index (χ0n) is 34.2. The van der Waals surface area contributed by atoms with Crippen molar-refractivity contribution >= 4 is 62.6 Å². The molecule has 1 aliphatic heterocycles. The molecular weight excluding hydrogens is 781 g/mol. The van der Waals surface area contributed by atoms with Gasteiger partial charge in [0.05, 0.1) is 53.9 Å². The maximum absolute atomic E-state index is 15.4. The van der Waals surface area contributed by atoms with Gasteiger partial charge in [-0.2, -0.15) is 5.10 Å². The Morgan fingerprint density at radius 1 is 0.897 bits per heavy atom. The van der Waals surface area contributed by atoms with Crippen LogP contribution in [0.1, 0.15) is 68.4 Å². The highest BCUT2D eigenvalue weighted by Crippen LogP contribution is 2.46. The molecule has 0 fully saturated rings. The molecule has 14 heteroatoms. The molecule has 6 aromatic rings. The summed E-state index contributed by atoms with van der Waals surface area (Å²) in [6.45, 7) is 12.2. The first-order chi connectivity index (χ1) is 27.7. The molecule has 0 saturated carbocycles. The van der Waals surface area contributed by atoms with E-state index in [0.717, 1.165) is 60.9 Å². The first kappa shape index (κ1) is 41.2. The van der Waals surface area contributed by atoms with Gasteiger partial charge in [0.2, 0.25) is 0 Å². The lowest BCUT2D eigenvalue weighted by atomic mass is 9.98. The molecule has 1 atom stereocenters. The zero-order chi connectivity index (χ0) is 41.6. The lowest BCUT2D eigenvalue weighted by Crippen LogP contribution is -2.43. The van der Waals surface area contributed by atoms with E-state index in [1.165, 1.54) is 0 Å². The predicted molar refractivity (Wildman–Crippen MR) is 228 cm³/mol. The number of halogens is 2. The summed E-state index contributed by atoms with van der Waals surface area (Å²) < 4.78 is 28.7. The molecule has 4 heterocycles. The summed E-state index contributed by atoms with van der Waals surface area (Å²) in [6.07, 6.45) is 1.16. The van der Waals surface area contributed by atoms with Gasteiger partial charge in [0.15, 0.2) is 0 Å². The van der Waals surface area contributed by atoms with Gasteiger partial charge in [0.25, 0.3) is 5.91 Å². The third-order valence-electron chi connectivity index (χ3n) is 11.1. The van der Waals surface area contributed by atoms with Crippen molar-refractivity contribution < 1.29 is 33.6 Å². The standard InChI is InChI=1S/C44H49Cl2N5O7/c1-24-18-30(19-25(2)39(24)46)57-13-9-10-32-33-11-12-34(45)38(37-27(4)47-49(7)28(37)5)41(33)51-26(3)23-50(43(52)42(32)51)35-22-31(58-17-16-56-15-14-55-8)20-29-21-36(44(53)54)48(6)40(29)35/h11-12,18-22,26H,9-10,13-17,23H2,1-8H3,(H,53,54)/t26-/m1/s1. The minimum Gasteiger partial charge on any atom is -0.494 e. The fraction of sp³-hybridized carbons (Fsp3) is 0.386. The largest absolute Gasteiger partial charge is 0.494 e. The van der Waals surface area contributed by atoms with E-state index in [2.05, 4.69) is 11.5 Å². The van der Waals surface area contributed by atoms with Gasteiger partial charge in [0.1, 0.15) is 29.5 Å². The summed E-state index contributed by atoms with van der Waals surface area (Å²) in [4.78, 5) is 29.5. The van der Waals surface area contributed by atoms with Crippen LogP contribution in [0.2, 0.25) is 10.0 Å². The molecule has 1 aliphatic rings. The van der Waals surface area contributed by atoms with Gasteiger partial charge in [-0.3, -0.25) is 9.48 Å². The summed E-state index contributed by atoms with van der Waals surface area (Å²) in [7, 11) is 5.23. The average molecular weight is 831 g/mol. The van der Waals surface area contributed by atoms with E-state index < -0.39 is 5.97 Å². The van der Waals surface area contributed by atoms with E-state index in [1.54, 1.807) is 35.8 Å². The van der Waals surface area contributed by atoms with Gasteiger partial charge in [-0.05, 0) is 94.5 Å². The van der Waals surface area contributed by atoms with Crippen LogP contribution >= 0.6 is 23.2 Å². The van der Waals surface area contributed by atoms with Crippen molar-refractivity contribution in [1.29, 1.82) is 0 Å².